The molecule has 0 radical (unpaired) electrons. The van der Waals surface area contributed by atoms with Crippen LogP contribution < -0.4 is 9.47 Å². The van der Waals surface area contributed by atoms with E-state index >= 15 is 0 Å². The van der Waals surface area contributed by atoms with Gasteiger partial charge < -0.3 is 14.0 Å². The lowest BCUT2D eigenvalue weighted by Gasteiger charge is -2.38. The number of fused-ring (bicyclic) bond motifs is 1. The minimum Gasteiger partial charge on any atom is -0.497 e. The second kappa shape index (κ2) is 8.67. The van der Waals surface area contributed by atoms with Gasteiger partial charge in [0.15, 0.2) is 0 Å². The smallest absolute Gasteiger partial charge is 0.232 e. The lowest BCUT2D eigenvalue weighted by atomic mass is 9.77. The minimum absolute atomic E-state index is 0.0618. The molecule has 2 aromatic heterocycles. The van der Waals surface area contributed by atoms with Crippen LogP contribution in [0, 0.1) is 18.8 Å². The Morgan fingerprint density at radius 1 is 1.00 bits per heavy atom. The molecule has 3 aromatic rings. The van der Waals surface area contributed by atoms with Crippen LogP contribution in [0.25, 0.3) is 0 Å². The van der Waals surface area contributed by atoms with Crippen LogP contribution in [0.1, 0.15) is 30.3 Å². The van der Waals surface area contributed by atoms with Gasteiger partial charge in [0.2, 0.25) is 5.88 Å². The van der Waals surface area contributed by atoms with Gasteiger partial charge in [-0.25, -0.2) is 9.97 Å². The molecule has 0 N–H and O–H groups in total. The fourth-order valence-electron chi connectivity index (χ4n) is 5.26. The zero-order valence-electron chi connectivity index (χ0n) is 18.1. The Hall–Kier alpha value is -2.93. The van der Waals surface area contributed by atoms with Gasteiger partial charge >= 0.3 is 0 Å². The lowest BCUT2D eigenvalue weighted by Crippen LogP contribution is -2.40. The summed E-state index contributed by atoms with van der Waals surface area (Å²) in [7, 11) is 1.71. The summed E-state index contributed by atoms with van der Waals surface area (Å²) in [6, 6.07) is 8.67. The molecule has 1 aliphatic carbocycles. The maximum Gasteiger partial charge on any atom is 0.232 e. The molecular weight excluding hydrogens is 390 g/mol. The molecule has 3 heterocycles. The van der Waals surface area contributed by atoms with E-state index in [1.807, 2.05) is 18.3 Å². The average molecular weight is 420 g/mol. The highest BCUT2D eigenvalue weighted by atomic mass is 16.5. The summed E-state index contributed by atoms with van der Waals surface area (Å²) in [6.45, 7) is 5.27. The summed E-state index contributed by atoms with van der Waals surface area (Å²) in [5.41, 5.74) is 1.33. The normalized spacial score (nSPS) is 25.9. The van der Waals surface area contributed by atoms with E-state index in [4.69, 9.17) is 9.47 Å². The summed E-state index contributed by atoms with van der Waals surface area (Å²) in [6.07, 6.45) is 11.2. The maximum absolute atomic E-state index is 6.38. The van der Waals surface area contributed by atoms with Crippen LogP contribution in [0.3, 0.4) is 0 Å². The van der Waals surface area contributed by atoms with E-state index in [2.05, 4.69) is 49.7 Å². The van der Waals surface area contributed by atoms with Gasteiger partial charge in [-0.1, -0.05) is 12.1 Å². The van der Waals surface area contributed by atoms with Gasteiger partial charge in [0.1, 0.15) is 17.7 Å². The highest BCUT2D eigenvalue weighted by Crippen LogP contribution is 2.43. The average Bonchev–Trinajstić information content (AvgIpc) is 3.39. The number of rotatable bonds is 6. The molecule has 7 heteroatoms. The zero-order valence-corrected chi connectivity index (χ0v) is 18.1. The SMILES string of the molecule is COc1ccc(CN2C[C@H]3C[C@H](Oc4cnccn4)[C@@H](n4ccnc4C)C[C@H]3C2)cc1. The summed E-state index contributed by atoms with van der Waals surface area (Å²) in [4.78, 5) is 15.6. The van der Waals surface area contributed by atoms with Crippen LogP contribution in [0.5, 0.6) is 11.6 Å². The quantitative estimate of drug-likeness (QED) is 0.609. The van der Waals surface area contributed by atoms with Gasteiger partial charge in [0.05, 0.1) is 19.3 Å². The summed E-state index contributed by atoms with van der Waals surface area (Å²) in [5.74, 6) is 3.82. The first kappa shape index (κ1) is 20.0. The van der Waals surface area contributed by atoms with Crippen molar-refractivity contribution in [3.8, 4) is 11.6 Å². The number of aromatic nitrogens is 4. The van der Waals surface area contributed by atoms with Gasteiger partial charge in [-0.15, -0.1) is 0 Å². The third-order valence-corrected chi connectivity index (χ3v) is 6.76. The third kappa shape index (κ3) is 4.28. The number of hydrogen-bond acceptors (Lipinski definition) is 6. The van der Waals surface area contributed by atoms with Crippen molar-refractivity contribution in [1.82, 2.24) is 24.4 Å². The highest BCUT2D eigenvalue weighted by Gasteiger charge is 2.44. The Balaban J connectivity index is 1.32. The van der Waals surface area contributed by atoms with Crippen molar-refractivity contribution >= 4 is 0 Å². The number of methoxy groups -OCH3 is 1. The monoisotopic (exact) mass is 419 g/mol. The topological polar surface area (TPSA) is 65.3 Å². The number of ether oxygens (including phenoxy) is 2. The Morgan fingerprint density at radius 2 is 1.81 bits per heavy atom. The Labute approximate surface area is 183 Å². The van der Waals surface area contributed by atoms with Gasteiger partial charge in [0.25, 0.3) is 0 Å². The molecule has 2 aliphatic rings. The van der Waals surface area contributed by atoms with Crippen molar-refractivity contribution in [2.75, 3.05) is 20.2 Å². The largest absolute Gasteiger partial charge is 0.497 e. The molecule has 0 spiro atoms. The minimum atomic E-state index is 0.0618. The molecule has 2 fully saturated rings. The highest BCUT2D eigenvalue weighted by molar-refractivity contribution is 5.27. The molecule has 7 nitrogen and oxygen atoms in total. The number of likely N-dealkylation sites (tertiary alicyclic amines) is 1. The molecule has 1 saturated carbocycles. The van der Waals surface area contributed by atoms with Crippen LogP contribution in [0.2, 0.25) is 0 Å². The molecule has 1 aliphatic heterocycles. The second-order valence-electron chi connectivity index (χ2n) is 8.68. The van der Waals surface area contributed by atoms with Crippen molar-refractivity contribution in [1.29, 1.82) is 0 Å². The molecule has 0 amide bonds. The third-order valence-electron chi connectivity index (χ3n) is 6.76. The van der Waals surface area contributed by atoms with Crippen molar-refractivity contribution < 1.29 is 9.47 Å². The standard InChI is InChI=1S/C24H29N5O2/c1-17-26-9-10-29(17)22-11-19-15-28(14-18-3-5-21(30-2)6-4-18)16-20(19)12-23(22)31-24-13-25-7-8-27-24/h3-10,13,19-20,22-23H,11-12,14-16H2,1-2H3/t19-,20+,22-,23-/m0/s1. The maximum atomic E-state index is 6.38. The van der Waals surface area contributed by atoms with Gasteiger partial charge in [-0.2, -0.15) is 0 Å². The molecule has 162 valence electrons. The van der Waals surface area contributed by atoms with Crippen molar-refractivity contribution in [3.05, 3.63) is 66.6 Å². The van der Waals surface area contributed by atoms with Gasteiger partial charge in [0, 0.05) is 44.4 Å². The fraction of sp³-hybridized carbons (Fsp3) is 0.458. The lowest BCUT2D eigenvalue weighted by molar-refractivity contribution is 0.0501. The molecule has 0 bridgehead atoms. The van der Waals surface area contributed by atoms with E-state index in [0.29, 0.717) is 17.7 Å². The van der Waals surface area contributed by atoms with Crippen molar-refractivity contribution in [3.63, 3.8) is 0 Å². The predicted molar refractivity (Wildman–Crippen MR) is 117 cm³/mol. The van der Waals surface area contributed by atoms with E-state index in [1.165, 1.54) is 5.56 Å². The molecule has 5 rings (SSSR count). The molecule has 0 unspecified atom stereocenters. The Kier molecular flexibility index (Phi) is 5.59. The predicted octanol–water partition coefficient (Wildman–Crippen LogP) is 3.52. The van der Waals surface area contributed by atoms with E-state index in [0.717, 1.165) is 44.0 Å². The number of hydrogen-bond donors (Lipinski definition) is 0. The van der Waals surface area contributed by atoms with E-state index in [9.17, 15) is 0 Å². The first-order chi connectivity index (χ1) is 15.2. The number of nitrogens with zero attached hydrogens (tertiary/aromatic N) is 5. The van der Waals surface area contributed by atoms with Crippen molar-refractivity contribution in [2.24, 2.45) is 11.8 Å². The van der Waals surface area contributed by atoms with Crippen molar-refractivity contribution in [2.45, 2.75) is 38.5 Å². The molecule has 1 aromatic carbocycles. The van der Waals surface area contributed by atoms with Crippen LogP contribution in [-0.4, -0.2) is 50.7 Å². The molecule has 1 saturated heterocycles. The first-order valence-corrected chi connectivity index (χ1v) is 11.0. The van der Waals surface area contributed by atoms with Crippen LogP contribution in [-0.2, 0) is 6.54 Å². The number of benzene rings is 1. The Bertz CT molecular complexity index is 991. The first-order valence-electron chi connectivity index (χ1n) is 11.0. The summed E-state index contributed by atoms with van der Waals surface area (Å²) in [5, 5.41) is 0. The summed E-state index contributed by atoms with van der Waals surface area (Å²) >= 11 is 0. The number of imidazole rings is 1. The van der Waals surface area contributed by atoms with Gasteiger partial charge in [-0.3, -0.25) is 9.88 Å². The Morgan fingerprint density at radius 3 is 2.48 bits per heavy atom. The van der Waals surface area contributed by atoms with Crippen LogP contribution >= 0.6 is 0 Å². The zero-order chi connectivity index (χ0) is 21.2. The van der Waals surface area contributed by atoms with Gasteiger partial charge in [-0.05, 0) is 49.3 Å². The summed E-state index contributed by atoms with van der Waals surface area (Å²) < 4.78 is 13.9. The molecule has 31 heavy (non-hydrogen) atoms. The second-order valence-corrected chi connectivity index (χ2v) is 8.68. The van der Waals surface area contributed by atoms with E-state index in [1.54, 1.807) is 25.7 Å². The van der Waals surface area contributed by atoms with E-state index < -0.39 is 0 Å². The molecule has 4 atom stereocenters. The van der Waals surface area contributed by atoms with Crippen LogP contribution in [0.4, 0.5) is 0 Å². The van der Waals surface area contributed by atoms with Crippen LogP contribution in [0.15, 0.2) is 55.2 Å². The number of aryl methyl sites for hydroxylation is 1. The van der Waals surface area contributed by atoms with E-state index in [-0.39, 0.29) is 12.1 Å². The fourth-order valence-corrected chi connectivity index (χ4v) is 5.26. The molecular formula is C24H29N5O2.